The first-order valence-electron chi connectivity index (χ1n) is 10.4. The minimum Gasteiger partial charge on any atom is -0.385 e. The van der Waals surface area contributed by atoms with Crippen LogP contribution >= 0.6 is 0 Å². The van der Waals surface area contributed by atoms with Crippen molar-refractivity contribution in [2.75, 3.05) is 37.6 Å². The summed E-state index contributed by atoms with van der Waals surface area (Å²) in [6, 6.07) is 17.3. The number of fused-ring (bicyclic) bond motifs is 1. The smallest absolute Gasteiger partial charge is 0.121 e. The van der Waals surface area contributed by atoms with E-state index in [1.165, 1.54) is 38.3 Å². The molecule has 1 aliphatic rings. The van der Waals surface area contributed by atoms with E-state index in [2.05, 4.69) is 78.8 Å². The van der Waals surface area contributed by atoms with Crippen LogP contribution in [0.4, 0.5) is 5.69 Å². The van der Waals surface area contributed by atoms with Crippen LogP contribution in [0.1, 0.15) is 16.8 Å². The molecule has 1 atom stereocenters. The number of para-hydroxylation sites is 1. The molecule has 0 spiro atoms. The van der Waals surface area contributed by atoms with E-state index in [0.29, 0.717) is 6.54 Å². The van der Waals surface area contributed by atoms with Gasteiger partial charge in [0.25, 0.3) is 0 Å². The molecular formula is C24H32N3O+. The minimum atomic E-state index is -0.324. The third kappa shape index (κ3) is 3.80. The maximum Gasteiger partial charge on any atom is 0.121 e. The van der Waals surface area contributed by atoms with Crippen LogP contribution in [0.2, 0.25) is 0 Å². The van der Waals surface area contributed by atoms with Crippen molar-refractivity contribution in [2.24, 2.45) is 0 Å². The van der Waals surface area contributed by atoms with Crippen molar-refractivity contribution in [3.63, 3.8) is 0 Å². The molecule has 1 saturated heterocycles. The van der Waals surface area contributed by atoms with Crippen LogP contribution in [0.3, 0.4) is 0 Å². The van der Waals surface area contributed by atoms with Crippen molar-refractivity contribution in [1.82, 2.24) is 4.57 Å². The predicted octanol–water partition coefficient (Wildman–Crippen LogP) is 2.33. The minimum absolute atomic E-state index is 0.324. The molecule has 0 radical (unpaired) electrons. The van der Waals surface area contributed by atoms with Crippen LogP contribution in [0.5, 0.6) is 0 Å². The van der Waals surface area contributed by atoms with Gasteiger partial charge in [0, 0.05) is 22.3 Å². The predicted molar refractivity (Wildman–Crippen MR) is 116 cm³/mol. The SMILES string of the molecule is Cc1ccc(N2CC[NH+](C[C@H](O)Cn3c(C)c(C)c4ccccc43)CC2)cc1. The lowest BCUT2D eigenvalue weighted by molar-refractivity contribution is -0.903. The molecule has 4 heteroatoms. The van der Waals surface area contributed by atoms with Gasteiger partial charge in [0.1, 0.15) is 12.6 Å². The topological polar surface area (TPSA) is 32.8 Å². The molecule has 1 fully saturated rings. The Balaban J connectivity index is 1.36. The largest absolute Gasteiger partial charge is 0.385 e. The average Bonchev–Trinajstić information content (AvgIpc) is 2.94. The molecule has 0 amide bonds. The fraction of sp³-hybridized carbons (Fsp3) is 0.417. The number of aryl methyl sites for hydroxylation is 2. The number of aliphatic hydroxyl groups is 1. The summed E-state index contributed by atoms with van der Waals surface area (Å²) in [7, 11) is 0. The Morgan fingerprint density at radius 2 is 1.64 bits per heavy atom. The van der Waals surface area contributed by atoms with E-state index < -0.39 is 0 Å². The molecule has 3 aromatic rings. The standard InChI is InChI=1S/C24H31N3O/c1-18-8-10-21(11-9-18)26-14-12-25(13-15-26)16-22(28)17-27-20(3)19(2)23-6-4-5-7-24(23)27/h4-11,22,28H,12-17H2,1-3H3/p+1/t22-/m0/s1. The molecular weight excluding hydrogens is 346 g/mol. The zero-order valence-corrected chi connectivity index (χ0v) is 17.3. The van der Waals surface area contributed by atoms with Crippen molar-refractivity contribution in [2.45, 2.75) is 33.4 Å². The van der Waals surface area contributed by atoms with Gasteiger partial charge in [-0.1, -0.05) is 35.9 Å². The molecule has 1 aromatic heterocycles. The number of quaternary nitrogens is 1. The number of nitrogens with zero attached hydrogens (tertiary/aromatic N) is 2. The van der Waals surface area contributed by atoms with Gasteiger partial charge in [0.15, 0.2) is 0 Å². The average molecular weight is 379 g/mol. The normalized spacial score (nSPS) is 16.6. The summed E-state index contributed by atoms with van der Waals surface area (Å²) in [6.07, 6.45) is -0.324. The van der Waals surface area contributed by atoms with E-state index >= 15 is 0 Å². The van der Waals surface area contributed by atoms with Crippen LogP contribution in [0.15, 0.2) is 48.5 Å². The van der Waals surface area contributed by atoms with E-state index in [1.54, 1.807) is 0 Å². The number of rotatable bonds is 5. The van der Waals surface area contributed by atoms with Gasteiger partial charge in [-0.3, -0.25) is 0 Å². The lowest BCUT2D eigenvalue weighted by Gasteiger charge is -2.34. The molecule has 28 heavy (non-hydrogen) atoms. The summed E-state index contributed by atoms with van der Waals surface area (Å²) < 4.78 is 2.29. The van der Waals surface area contributed by atoms with Crippen molar-refractivity contribution < 1.29 is 10.0 Å². The first-order valence-corrected chi connectivity index (χ1v) is 10.4. The summed E-state index contributed by atoms with van der Waals surface area (Å²) in [5.74, 6) is 0. The van der Waals surface area contributed by atoms with Crippen LogP contribution in [-0.4, -0.2) is 48.5 Å². The zero-order valence-electron chi connectivity index (χ0n) is 17.3. The third-order valence-corrected chi connectivity index (χ3v) is 6.33. The second-order valence-electron chi connectivity index (χ2n) is 8.27. The Bertz CT molecular complexity index is 936. The number of anilines is 1. The van der Waals surface area contributed by atoms with Crippen LogP contribution in [-0.2, 0) is 6.54 Å². The van der Waals surface area contributed by atoms with Crippen LogP contribution < -0.4 is 9.80 Å². The van der Waals surface area contributed by atoms with Crippen molar-refractivity contribution >= 4 is 16.6 Å². The van der Waals surface area contributed by atoms with Crippen LogP contribution in [0.25, 0.3) is 10.9 Å². The number of aromatic nitrogens is 1. The first kappa shape index (κ1) is 19.0. The third-order valence-electron chi connectivity index (χ3n) is 6.33. The van der Waals surface area contributed by atoms with E-state index in [0.717, 1.165) is 32.7 Å². The van der Waals surface area contributed by atoms with Crippen molar-refractivity contribution in [1.29, 1.82) is 0 Å². The number of aliphatic hydroxyl groups excluding tert-OH is 1. The molecule has 4 rings (SSSR count). The van der Waals surface area contributed by atoms with Gasteiger partial charge in [-0.05, 0) is 44.5 Å². The van der Waals surface area contributed by atoms with Gasteiger partial charge in [0.05, 0.1) is 32.7 Å². The quantitative estimate of drug-likeness (QED) is 0.714. The molecule has 0 bridgehead atoms. The van der Waals surface area contributed by atoms with Crippen molar-refractivity contribution in [3.05, 3.63) is 65.4 Å². The van der Waals surface area contributed by atoms with Gasteiger partial charge < -0.3 is 19.5 Å². The summed E-state index contributed by atoms with van der Waals surface area (Å²) in [5.41, 5.74) is 6.44. The molecule has 0 aliphatic carbocycles. The Kier molecular flexibility index (Phi) is 5.42. The maximum atomic E-state index is 10.8. The highest BCUT2D eigenvalue weighted by molar-refractivity contribution is 5.85. The maximum absolute atomic E-state index is 10.8. The van der Waals surface area contributed by atoms with E-state index in [9.17, 15) is 5.11 Å². The molecule has 2 heterocycles. The molecule has 2 aromatic carbocycles. The van der Waals surface area contributed by atoms with Gasteiger partial charge in [0.2, 0.25) is 0 Å². The number of benzene rings is 2. The second-order valence-corrected chi connectivity index (χ2v) is 8.27. The van der Waals surface area contributed by atoms with Crippen molar-refractivity contribution in [3.8, 4) is 0 Å². The van der Waals surface area contributed by atoms with E-state index in [4.69, 9.17) is 0 Å². The highest BCUT2D eigenvalue weighted by atomic mass is 16.3. The highest BCUT2D eigenvalue weighted by Crippen LogP contribution is 2.25. The van der Waals surface area contributed by atoms with E-state index in [1.807, 2.05) is 0 Å². The molecule has 0 unspecified atom stereocenters. The molecule has 0 saturated carbocycles. The summed E-state index contributed by atoms with van der Waals surface area (Å²) >= 11 is 0. The zero-order chi connectivity index (χ0) is 19.7. The second kappa shape index (κ2) is 7.98. The number of nitrogens with one attached hydrogen (secondary N) is 1. The molecule has 1 aliphatic heterocycles. The lowest BCUT2D eigenvalue weighted by atomic mass is 10.2. The van der Waals surface area contributed by atoms with E-state index in [-0.39, 0.29) is 6.10 Å². The van der Waals surface area contributed by atoms with Crippen LogP contribution in [0, 0.1) is 20.8 Å². The van der Waals surface area contributed by atoms with Gasteiger partial charge >= 0.3 is 0 Å². The number of piperazine rings is 1. The molecule has 148 valence electrons. The Morgan fingerprint density at radius 1 is 0.964 bits per heavy atom. The monoisotopic (exact) mass is 378 g/mol. The van der Waals surface area contributed by atoms with Gasteiger partial charge in [-0.25, -0.2) is 0 Å². The summed E-state index contributed by atoms with van der Waals surface area (Å²) in [5, 5.41) is 12.1. The highest BCUT2D eigenvalue weighted by Gasteiger charge is 2.23. The molecule has 2 N–H and O–H groups in total. The summed E-state index contributed by atoms with van der Waals surface area (Å²) in [6.45, 7) is 12.2. The fourth-order valence-electron chi connectivity index (χ4n) is 4.49. The Morgan fingerprint density at radius 3 is 2.36 bits per heavy atom. The van der Waals surface area contributed by atoms with Gasteiger partial charge in [-0.2, -0.15) is 0 Å². The Labute approximate surface area is 168 Å². The number of hydrogen-bond acceptors (Lipinski definition) is 2. The summed E-state index contributed by atoms with van der Waals surface area (Å²) in [4.78, 5) is 3.96. The fourth-order valence-corrected chi connectivity index (χ4v) is 4.49. The molecule has 4 nitrogen and oxygen atoms in total. The van der Waals surface area contributed by atoms with Gasteiger partial charge in [-0.15, -0.1) is 0 Å². The number of hydrogen-bond donors (Lipinski definition) is 2. The first-order chi connectivity index (χ1) is 13.5. The lowest BCUT2D eigenvalue weighted by Crippen LogP contribution is -3.15. The Hall–Kier alpha value is -2.30.